The molecule has 0 saturated heterocycles. The monoisotopic (exact) mass is 653 g/mol. The van der Waals surface area contributed by atoms with Gasteiger partial charge in [-0.05, 0) is 47.9 Å². The van der Waals surface area contributed by atoms with E-state index in [9.17, 15) is 31.4 Å². The van der Waals surface area contributed by atoms with Crippen molar-refractivity contribution in [3.05, 3.63) is 99.1 Å². The minimum absolute atomic E-state index is 0.248. The second kappa shape index (κ2) is 14.4. The number of nitrogens with zero attached hydrogens (tertiary/aromatic N) is 2. The molecular weight excluding hydrogens is 631 g/mol. The summed E-state index contributed by atoms with van der Waals surface area (Å²) in [6, 6.07) is 21.2. The number of carbonyl (C=O) groups is 2. The summed E-state index contributed by atoms with van der Waals surface area (Å²) in [5, 5.41) is 34.7. The SMILES string of the molecule is Cc1ccccc1Cn1c(=N)n(CC(O)c2ccc(Cl)c(Cl)c2)c2ccccc21.O=C(O)C(F)(F)F.O=C(O)C(F)(F)F. The maximum atomic E-state index is 10.8. The lowest BCUT2D eigenvalue weighted by Crippen LogP contribution is -2.27. The van der Waals surface area contributed by atoms with Crippen molar-refractivity contribution in [2.24, 2.45) is 0 Å². The predicted octanol–water partition coefficient (Wildman–Crippen LogP) is 6.59. The van der Waals surface area contributed by atoms with Gasteiger partial charge in [0.05, 0.1) is 40.3 Å². The Labute approximate surface area is 249 Å². The molecule has 0 aliphatic rings. The molecule has 16 heteroatoms. The van der Waals surface area contributed by atoms with Gasteiger partial charge in [0.15, 0.2) is 0 Å². The number of aliphatic hydroxyl groups is 1. The Balaban J connectivity index is 0.000000384. The number of halogens is 8. The maximum Gasteiger partial charge on any atom is 0.490 e. The van der Waals surface area contributed by atoms with Crippen molar-refractivity contribution in [2.45, 2.75) is 38.5 Å². The zero-order valence-corrected chi connectivity index (χ0v) is 23.4. The van der Waals surface area contributed by atoms with Crippen molar-refractivity contribution in [3.8, 4) is 0 Å². The van der Waals surface area contributed by atoms with Crippen LogP contribution in [0.2, 0.25) is 10.0 Å². The average molecular weight is 654 g/mol. The fraction of sp³-hybridized carbons (Fsp3) is 0.222. The van der Waals surface area contributed by atoms with Crippen molar-refractivity contribution in [3.63, 3.8) is 0 Å². The summed E-state index contributed by atoms with van der Waals surface area (Å²) in [6.45, 7) is 2.92. The number of alkyl halides is 6. The minimum atomic E-state index is -5.08. The van der Waals surface area contributed by atoms with E-state index in [4.69, 9.17) is 48.4 Å². The van der Waals surface area contributed by atoms with E-state index in [1.165, 1.54) is 11.1 Å². The number of aryl methyl sites for hydroxylation is 1. The van der Waals surface area contributed by atoms with Gasteiger partial charge < -0.3 is 24.5 Å². The molecule has 0 saturated carbocycles. The number of hydrogen-bond acceptors (Lipinski definition) is 4. The lowest BCUT2D eigenvalue weighted by Gasteiger charge is -2.13. The molecule has 0 fully saturated rings. The fourth-order valence-electron chi connectivity index (χ4n) is 3.60. The summed E-state index contributed by atoms with van der Waals surface area (Å²) < 4.78 is 67.3. The van der Waals surface area contributed by atoms with Gasteiger partial charge >= 0.3 is 24.3 Å². The third-order valence-electron chi connectivity index (χ3n) is 5.73. The standard InChI is InChI=1S/C23H21Cl2N3O.2C2HF3O2/c1-15-6-2-3-7-17(15)13-27-20-8-4-5-9-21(20)28(23(27)26)14-22(29)16-10-11-18(24)19(25)12-16;2*3-2(4,5)1(6)7/h2-12,22,26,29H,13-14H2,1H3;2*(H,6,7). The summed E-state index contributed by atoms with van der Waals surface area (Å²) in [5.41, 5.74) is 5.23. The van der Waals surface area contributed by atoms with Crippen LogP contribution in [0, 0.1) is 12.3 Å². The highest BCUT2D eigenvalue weighted by molar-refractivity contribution is 6.42. The summed E-state index contributed by atoms with van der Waals surface area (Å²) in [5.74, 6) is -5.51. The Kier molecular flexibility index (Phi) is 11.8. The molecule has 1 unspecified atom stereocenters. The second-order valence-corrected chi connectivity index (χ2v) is 9.55. The molecule has 4 rings (SSSR count). The van der Waals surface area contributed by atoms with E-state index in [0.717, 1.165) is 11.0 Å². The molecule has 1 atom stereocenters. The Bertz CT molecular complexity index is 1630. The number of para-hydroxylation sites is 2. The number of nitrogens with one attached hydrogen (secondary N) is 1. The van der Waals surface area contributed by atoms with Crippen LogP contribution < -0.4 is 5.62 Å². The topological polar surface area (TPSA) is 129 Å². The molecule has 3 aromatic carbocycles. The number of carboxylic acids is 2. The highest BCUT2D eigenvalue weighted by Crippen LogP contribution is 2.27. The lowest BCUT2D eigenvalue weighted by molar-refractivity contribution is -0.193. The molecular formula is C27H23Cl2F6N3O5. The van der Waals surface area contributed by atoms with Crippen molar-refractivity contribution in [1.82, 2.24) is 9.13 Å². The van der Waals surface area contributed by atoms with Crippen molar-refractivity contribution >= 4 is 46.2 Å². The maximum absolute atomic E-state index is 10.8. The van der Waals surface area contributed by atoms with Crippen LogP contribution in [0.1, 0.15) is 22.8 Å². The molecule has 4 aromatic rings. The first kappa shape index (κ1) is 35.2. The van der Waals surface area contributed by atoms with Crippen LogP contribution in [0.3, 0.4) is 0 Å². The Morgan fingerprint density at radius 1 is 0.814 bits per heavy atom. The number of benzene rings is 3. The van der Waals surface area contributed by atoms with Gasteiger partial charge in [0.1, 0.15) is 0 Å². The van der Waals surface area contributed by atoms with E-state index in [0.29, 0.717) is 27.8 Å². The van der Waals surface area contributed by atoms with Gasteiger partial charge in [0.25, 0.3) is 0 Å². The molecule has 0 aliphatic carbocycles. The molecule has 232 valence electrons. The number of imidazole rings is 1. The number of hydrogen-bond donors (Lipinski definition) is 4. The third-order valence-corrected chi connectivity index (χ3v) is 6.47. The van der Waals surface area contributed by atoms with Gasteiger partial charge in [0, 0.05) is 0 Å². The summed E-state index contributed by atoms with van der Waals surface area (Å²) in [7, 11) is 0. The largest absolute Gasteiger partial charge is 0.490 e. The van der Waals surface area contributed by atoms with Gasteiger partial charge in [-0.1, -0.05) is 65.7 Å². The quantitative estimate of drug-likeness (QED) is 0.181. The highest BCUT2D eigenvalue weighted by atomic mass is 35.5. The van der Waals surface area contributed by atoms with E-state index in [1.807, 2.05) is 45.5 Å². The van der Waals surface area contributed by atoms with Gasteiger partial charge in [-0.2, -0.15) is 26.3 Å². The molecule has 0 aliphatic heterocycles. The first-order chi connectivity index (χ1) is 19.8. The molecule has 43 heavy (non-hydrogen) atoms. The number of aromatic nitrogens is 2. The zero-order chi connectivity index (χ0) is 32.7. The lowest BCUT2D eigenvalue weighted by atomic mass is 10.1. The molecule has 0 bridgehead atoms. The molecule has 1 aromatic heterocycles. The van der Waals surface area contributed by atoms with Crippen molar-refractivity contribution < 1.29 is 51.3 Å². The molecule has 1 heterocycles. The number of aliphatic hydroxyl groups excluding tert-OH is 1. The first-order valence-electron chi connectivity index (χ1n) is 11.8. The van der Waals surface area contributed by atoms with Crippen LogP contribution in [0.25, 0.3) is 11.0 Å². The van der Waals surface area contributed by atoms with Gasteiger partial charge in [-0.15, -0.1) is 0 Å². The van der Waals surface area contributed by atoms with Gasteiger partial charge in [0.2, 0.25) is 5.62 Å². The Morgan fingerprint density at radius 3 is 1.74 bits per heavy atom. The van der Waals surface area contributed by atoms with Crippen LogP contribution in [0.5, 0.6) is 0 Å². The van der Waals surface area contributed by atoms with Crippen LogP contribution >= 0.6 is 23.2 Å². The number of rotatable bonds is 5. The molecule has 4 N–H and O–H groups in total. The molecule has 0 amide bonds. The van der Waals surface area contributed by atoms with E-state index >= 15 is 0 Å². The van der Waals surface area contributed by atoms with E-state index < -0.39 is 30.4 Å². The van der Waals surface area contributed by atoms with Crippen molar-refractivity contribution in [2.75, 3.05) is 0 Å². The van der Waals surface area contributed by atoms with Gasteiger partial charge in [-0.25, -0.2) is 9.59 Å². The third kappa shape index (κ3) is 9.76. The second-order valence-electron chi connectivity index (χ2n) is 8.73. The molecule has 0 radical (unpaired) electrons. The fourth-order valence-corrected chi connectivity index (χ4v) is 3.90. The van der Waals surface area contributed by atoms with Crippen LogP contribution in [-0.4, -0.2) is 48.7 Å². The number of fused-ring (bicyclic) bond motifs is 1. The summed E-state index contributed by atoms with van der Waals surface area (Å²) in [4.78, 5) is 17.8. The number of carboxylic acid groups (broad SMARTS) is 2. The highest BCUT2D eigenvalue weighted by Gasteiger charge is 2.38. The van der Waals surface area contributed by atoms with E-state index in [-0.39, 0.29) is 6.54 Å². The van der Waals surface area contributed by atoms with Crippen molar-refractivity contribution in [1.29, 1.82) is 5.41 Å². The Hall–Kier alpha value is -4.01. The summed E-state index contributed by atoms with van der Waals surface area (Å²) in [6.07, 6.45) is -11.0. The van der Waals surface area contributed by atoms with E-state index in [1.54, 1.807) is 18.2 Å². The summed E-state index contributed by atoms with van der Waals surface area (Å²) >= 11 is 12.1. The van der Waals surface area contributed by atoms with Crippen LogP contribution in [0.4, 0.5) is 26.3 Å². The Morgan fingerprint density at radius 2 is 1.28 bits per heavy atom. The molecule has 8 nitrogen and oxygen atoms in total. The number of aliphatic carboxylic acids is 2. The average Bonchev–Trinajstić information content (AvgIpc) is 3.17. The van der Waals surface area contributed by atoms with Gasteiger partial charge in [-0.3, -0.25) is 5.41 Å². The first-order valence-corrected chi connectivity index (χ1v) is 12.6. The van der Waals surface area contributed by atoms with Crippen LogP contribution in [-0.2, 0) is 22.7 Å². The molecule has 0 spiro atoms. The normalized spacial score (nSPS) is 12.0. The zero-order valence-electron chi connectivity index (χ0n) is 21.9. The van der Waals surface area contributed by atoms with E-state index in [2.05, 4.69) is 19.1 Å². The van der Waals surface area contributed by atoms with Crippen LogP contribution in [0.15, 0.2) is 66.7 Å². The minimum Gasteiger partial charge on any atom is -0.475 e. The predicted molar refractivity (Wildman–Crippen MR) is 145 cm³/mol. The smallest absolute Gasteiger partial charge is 0.475 e.